The van der Waals surface area contributed by atoms with Crippen LogP contribution in [-0.4, -0.2) is 83.5 Å². The van der Waals surface area contributed by atoms with Crippen molar-refractivity contribution < 1.29 is 28.3 Å². The molecule has 1 heterocycles. The molecule has 40 heavy (non-hydrogen) atoms. The fourth-order valence-electron chi connectivity index (χ4n) is 4.39. The van der Waals surface area contributed by atoms with Crippen molar-refractivity contribution in [2.75, 3.05) is 54.5 Å². The lowest BCUT2D eigenvalue weighted by Crippen LogP contribution is -2.40. The molecule has 3 rings (SSSR count). The Labute approximate surface area is 234 Å². The first-order chi connectivity index (χ1) is 18.9. The maximum atomic E-state index is 10.8. The quantitative estimate of drug-likeness (QED) is 0.110. The van der Waals surface area contributed by atoms with Gasteiger partial charge in [-0.1, -0.05) is 0 Å². The lowest BCUT2D eigenvalue weighted by molar-refractivity contribution is -0.903. The summed E-state index contributed by atoms with van der Waals surface area (Å²) in [7, 11) is 8.46. The lowest BCUT2D eigenvalue weighted by Gasteiger charge is -2.30. The van der Waals surface area contributed by atoms with Gasteiger partial charge in [-0.05, 0) is 24.3 Å². The monoisotopic (exact) mass is 554 g/mol. The van der Waals surface area contributed by atoms with Gasteiger partial charge in [0.05, 0.1) is 64.3 Å². The average Bonchev–Trinajstić information content (AvgIpc) is 2.90. The van der Waals surface area contributed by atoms with Crippen molar-refractivity contribution in [1.82, 2.24) is 10.2 Å². The number of quaternary nitrogens is 2. The van der Waals surface area contributed by atoms with E-state index in [2.05, 4.69) is 38.4 Å². The molecule has 0 radical (unpaired) electrons. The number of aromatic nitrogens is 2. The normalized spacial score (nSPS) is 11.7. The third-order valence-electron chi connectivity index (χ3n) is 6.45. The zero-order valence-corrected chi connectivity index (χ0v) is 23.6. The summed E-state index contributed by atoms with van der Waals surface area (Å²) in [5, 5.41) is 29.9. The van der Waals surface area contributed by atoms with Gasteiger partial charge in [0, 0.05) is 60.4 Å². The average molecular weight is 555 g/mol. The van der Waals surface area contributed by atoms with Crippen LogP contribution in [0.25, 0.3) is 0 Å². The summed E-state index contributed by atoms with van der Waals surface area (Å²) in [5.74, 6) is 0.878. The molecule has 214 valence electrons. The second kappa shape index (κ2) is 13.8. The Bertz CT molecular complexity index is 1150. The summed E-state index contributed by atoms with van der Waals surface area (Å²) in [5.41, 5.74) is 2.29. The van der Waals surface area contributed by atoms with Crippen molar-refractivity contribution in [3.63, 3.8) is 0 Å². The minimum atomic E-state index is -0.391. The van der Waals surface area contributed by atoms with Gasteiger partial charge >= 0.3 is 0 Å². The predicted molar refractivity (Wildman–Crippen MR) is 150 cm³/mol. The van der Waals surface area contributed by atoms with Crippen molar-refractivity contribution in [3.8, 4) is 11.8 Å². The standard InChI is InChI=1S/C28H38N6O6/c1-33(2,21-23-7-11-25(12-8-23)31(35)36)17-5-19-39-27-15-16-28(30-29-27)40-20-6-18-34(3,4)22-24-9-13-26(14-10-24)32(37)38/h7-16H,5-6,17-22H2,1-4H3/q+2. The van der Waals surface area contributed by atoms with Crippen LogP contribution in [0.1, 0.15) is 24.0 Å². The lowest BCUT2D eigenvalue weighted by atomic mass is 10.2. The third kappa shape index (κ3) is 10.2. The van der Waals surface area contributed by atoms with E-state index in [9.17, 15) is 20.2 Å². The summed E-state index contributed by atoms with van der Waals surface area (Å²) < 4.78 is 12.9. The van der Waals surface area contributed by atoms with Crippen LogP contribution in [0, 0.1) is 20.2 Å². The second-order valence-electron chi connectivity index (χ2n) is 11.1. The smallest absolute Gasteiger partial charge is 0.269 e. The van der Waals surface area contributed by atoms with E-state index in [1.54, 1.807) is 36.4 Å². The molecule has 0 amide bonds. The number of rotatable bonds is 16. The number of nitro benzene ring substituents is 2. The molecular formula is C28H38N6O6+2. The van der Waals surface area contributed by atoms with Crippen molar-refractivity contribution in [2.24, 2.45) is 0 Å². The largest absolute Gasteiger partial charge is 0.476 e. The van der Waals surface area contributed by atoms with Gasteiger partial charge < -0.3 is 18.4 Å². The molecule has 0 unspecified atom stereocenters. The van der Waals surface area contributed by atoms with E-state index in [4.69, 9.17) is 9.47 Å². The number of benzene rings is 2. The van der Waals surface area contributed by atoms with E-state index >= 15 is 0 Å². The molecule has 0 bridgehead atoms. The Morgan fingerprint density at radius 2 is 0.975 bits per heavy atom. The Morgan fingerprint density at radius 3 is 1.27 bits per heavy atom. The molecule has 0 saturated heterocycles. The van der Waals surface area contributed by atoms with Gasteiger partial charge in [-0.2, -0.15) is 0 Å². The molecule has 0 saturated carbocycles. The fraction of sp³-hybridized carbons (Fsp3) is 0.429. The first-order valence-corrected chi connectivity index (χ1v) is 13.1. The van der Waals surface area contributed by atoms with Crippen molar-refractivity contribution >= 4 is 11.4 Å². The number of nitro groups is 2. The number of hydrogen-bond donors (Lipinski definition) is 0. The molecule has 0 fully saturated rings. The van der Waals surface area contributed by atoms with Gasteiger partial charge in [-0.3, -0.25) is 20.2 Å². The molecule has 12 nitrogen and oxygen atoms in total. The van der Waals surface area contributed by atoms with Crippen molar-refractivity contribution in [1.29, 1.82) is 0 Å². The van der Waals surface area contributed by atoms with E-state index in [0.29, 0.717) is 25.0 Å². The van der Waals surface area contributed by atoms with Gasteiger partial charge in [-0.15, -0.1) is 10.2 Å². The highest BCUT2D eigenvalue weighted by atomic mass is 16.6. The Kier molecular flexibility index (Phi) is 10.5. The summed E-state index contributed by atoms with van der Waals surface area (Å²) >= 11 is 0. The zero-order valence-electron chi connectivity index (χ0n) is 23.6. The molecule has 0 atom stereocenters. The third-order valence-corrected chi connectivity index (χ3v) is 6.45. The van der Waals surface area contributed by atoms with Crippen molar-refractivity contribution in [2.45, 2.75) is 25.9 Å². The highest BCUT2D eigenvalue weighted by Crippen LogP contribution is 2.18. The van der Waals surface area contributed by atoms with Crippen LogP contribution in [-0.2, 0) is 13.1 Å². The van der Waals surface area contributed by atoms with Crippen LogP contribution >= 0.6 is 0 Å². The Hall–Kier alpha value is -4.16. The van der Waals surface area contributed by atoms with E-state index in [1.165, 1.54) is 24.3 Å². The summed E-state index contributed by atoms with van der Waals surface area (Å²) in [6, 6.07) is 16.8. The zero-order chi connectivity index (χ0) is 29.2. The minimum absolute atomic E-state index is 0.0972. The summed E-state index contributed by atoms with van der Waals surface area (Å²) in [6.07, 6.45) is 1.63. The first kappa shape index (κ1) is 30.4. The van der Waals surface area contributed by atoms with Gasteiger partial charge in [0.2, 0.25) is 11.8 Å². The number of nitrogens with zero attached hydrogens (tertiary/aromatic N) is 6. The molecule has 2 aromatic carbocycles. The van der Waals surface area contributed by atoms with E-state index in [1.807, 2.05) is 0 Å². The first-order valence-electron chi connectivity index (χ1n) is 13.1. The van der Waals surface area contributed by atoms with Gasteiger partial charge in [0.1, 0.15) is 13.1 Å². The molecule has 1 aromatic heterocycles. The number of non-ortho nitro benzene ring substituents is 2. The number of hydrogen-bond acceptors (Lipinski definition) is 8. The van der Waals surface area contributed by atoms with Gasteiger partial charge in [0.15, 0.2) is 0 Å². The molecule has 0 spiro atoms. The Morgan fingerprint density at radius 1 is 0.625 bits per heavy atom. The summed E-state index contributed by atoms with van der Waals surface area (Å²) in [6.45, 7) is 4.25. The molecule has 12 heteroatoms. The molecular weight excluding hydrogens is 516 g/mol. The summed E-state index contributed by atoms with van der Waals surface area (Å²) in [4.78, 5) is 20.9. The highest BCUT2D eigenvalue weighted by Gasteiger charge is 2.18. The van der Waals surface area contributed by atoms with Crippen LogP contribution < -0.4 is 9.47 Å². The van der Waals surface area contributed by atoms with Crippen LogP contribution in [0.5, 0.6) is 11.8 Å². The molecule has 3 aromatic rings. The molecule has 0 aliphatic heterocycles. The molecule has 0 N–H and O–H groups in total. The topological polar surface area (TPSA) is 131 Å². The van der Waals surface area contributed by atoms with E-state index in [0.717, 1.165) is 59.1 Å². The maximum Gasteiger partial charge on any atom is 0.269 e. The van der Waals surface area contributed by atoms with Crippen LogP contribution in [0.15, 0.2) is 60.7 Å². The van der Waals surface area contributed by atoms with Gasteiger partial charge in [-0.25, -0.2) is 0 Å². The minimum Gasteiger partial charge on any atom is -0.476 e. The number of ether oxygens (including phenoxy) is 2. The fourth-order valence-corrected chi connectivity index (χ4v) is 4.39. The van der Waals surface area contributed by atoms with Crippen LogP contribution in [0.4, 0.5) is 11.4 Å². The SMILES string of the molecule is C[N+](C)(CCCOc1ccc(OCCC[N+](C)(C)Cc2ccc([N+](=O)[O-])cc2)nn1)Cc1ccc([N+](=O)[O-])cc1. The predicted octanol–water partition coefficient (Wildman–Crippen LogP) is 4.38. The molecule has 0 aliphatic rings. The molecule has 0 aliphatic carbocycles. The van der Waals surface area contributed by atoms with Gasteiger partial charge in [0.25, 0.3) is 11.4 Å². The maximum absolute atomic E-state index is 10.8. The Balaban J connectivity index is 1.33. The van der Waals surface area contributed by atoms with Crippen LogP contribution in [0.2, 0.25) is 0 Å². The second-order valence-corrected chi connectivity index (χ2v) is 11.1. The van der Waals surface area contributed by atoms with E-state index < -0.39 is 9.85 Å². The highest BCUT2D eigenvalue weighted by molar-refractivity contribution is 5.33. The van der Waals surface area contributed by atoms with Crippen molar-refractivity contribution in [3.05, 3.63) is 92.0 Å². The van der Waals surface area contributed by atoms with E-state index in [-0.39, 0.29) is 11.4 Å². The van der Waals surface area contributed by atoms with Crippen LogP contribution in [0.3, 0.4) is 0 Å².